The lowest BCUT2D eigenvalue weighted by Gasteiger charge is -2.12. The minimum atomic E-state index is -0.0416. The smallest absolute Gasteiger partial charge is 0.246 e. The van der Waals surface area contributed by atoms with Gasteiger partial charge in [0.05, 0.1) is 29.6 Å². The first kappa shape index (κ1) is 19.2. The highest BCUT2D eigenvalue weighted by atomic mass is 32.1. The number of thiazole rings is 1. The van der Waals surface area contributed by atoms with E-state index in [1.807, 2.05) is 36.4 Å². The summed E-state index contributed by atoms with van der Waals surface area (Å²) in [4.78, 5) is 18.9. The predicted molar refractivity (Wildman–Crippen MR) is 117 cm³/mol. The molecule has 1 aromatic carbocycles. The van der Waals surface area contributed by atoms with Gasteiger partial charge in [0.1, 0.15) is 10.8 Å². The molecule has 0 atom stereocenters. The number of hydrogen-bond donors (Lipinski definition) is 0. The number of amides is 1. The van der Waals surface area contributed by atoms with Gasteiger partial charge in [-0.05, 0) is 55.8 Å². The zero-order valence-corrected chi connectivity index (χ0v) is 17.6. The van der Waals surface area contributed by atoms with Crippen LogP contribution in [0, 0.1) is 13.8 Å². The highest BCUT2D eigenvalue weighted by Crippen LogP contribution is 2.23. The van der Waals surface area contributed by atoms with E-state index in [4.69, 9.17) is 4.42 Å². The van der Waals surface area contributed by atoms with Gasteiger partial charge in [-0.25, -0.2) is 4.98 Å². The van der Waals surface area contributed by atoms with E-state index in [-0.39, 0.29) is 5.91 Å². The Morgan fingerprint density at radius 1 is 1.24 bits per heavy atom. The molecule has 0 fully saturated rings. The van der Waals surface area contributed by atoms with E-state index in [1.54, 1.807) is 35.6 Å². The molecule has 0 saturated carbocycles. The van der Waals surface area contributed by atoms with E-state index < -0.39 is 0 Å². The zero-order chi connectivity index (χ0) is 20.4. The molecule has 0 aliphatic heterocycles. The molecule has 4 aromatic rings. The Bertz CT molecular complexity index is 1140. The third-order valence-electron chi connectivity index (χ3n) is 5.00. The van der Waals surface area contributed by atoms with Crippen LogP contribution in [-0.4, -0.2) is 27.4 Å². The van der Waals surface area contributed by atoms with Crippen LogP contribution in [0.25, 0.3) is 16.3 Å². The van der Waals surface area contributed by atoms with Crippen molar-refractivity contribution in [3.63, 3.8) is 0 Å². The summed E-state index contributed by atoms with van der Waals surface area (Å²) in [6.45, 7) is 5.31. The average molecular weight is 406 g/mol. The summed E-state index contributed by atoms with van der Waals surface area (Å²) in [6, 6.07) is 14.0. The van der Waals surface area contributed by atoms with E-state index in [2.05, 4.69) is 35.5 Å². The number of hydrogen-bond acceptors (Lipinski definition) is 4. The standard InChI is InChI=1S/C23H23N3O2S/c1-16-13-18(17(2)26(16)14-19-7-6-12-28-19)10-11-23(27)25(3)15-22-24-20-8-4-5-9-21(20)29-22/h4-13H,14-15H2,1-3H3/b11-10+. The third-order valence-corrected chi connectivity index (χ3v) is 6.02. The molecule has 6 heteroatoms. The van der Waals surface area contributed by atoms with Gasteiger partial charge in [0, 0.05) is 24.5 Å². The van der Waals surface area contributed by atoms with Crippen molar-refractivity contribution < 1.29 is 9.21 Å². The molecule has 0 aliphatic carbocycles. The highest BCUT2D eigenvalue weighted by molar-refractivity contribution is 7.18. The average Bonchev–Trinajstić information content (AvgIpc) is 3.42. The van der Waals surface area contributed by atoms with Gasteiger partial charge < -0.3 is 13.9 Å². The molecule has 0 aliphatic rings. The molecule has 0 spiro atoms. The second-order valence-electron chi connectivity index (χ2n) is 7.09. The molecule has 148 valence electrons. The van der Waals surface area contributed by atoms with Crippen LogP contribution in [0.1, 0.15) is 27.7 Å². The second kappa shape index (κ2) is 8.09. The molecule has 0 unspecified atom stereocenters. The van der Waals surface area contributed by atoms with Crippen LogP contribution in [0.15, 0.2) is 59.2 Å². The minimum Gasteiger partial charge on any atom is -0.467 e. The van der Waals surface area contributed by atoms with Gasteiger partial charge in [0.15, 0.2) is 0 Å². The summed E-state index contributed by atoms with van der Waals surface area (Å²) < 4.78 is 8.79. The Kier molecular flexibility index (Phi) is 5.36. The number of likely N-dealkylation sites (N-methyl/N-ethyl adjacent to an activating group) is 1. The Labute approximate surface area is 173 Å². The number of carbonyl (C=O) groups is 1. The van der Waals surface area contributed by atoms with Gasteiger partial charge in [0.25, 0.3) is 0 Å². The number of nitrogens with zero attached hydrogens (tertiary/aromatic N) is 3. The Morgan fingerprint density at radius 2 is 2.07 bits per heavy atom. The molecule has 4 rings (SSSR count). The summed E-state index contributed by atoms with van der Waals surface area (Å²) in [6.07, 6.45) is 5.20. The Hall–Kier alpha value is -3.12. The van der Waals surface area contributed by atoms with Crippen molar-refractivity contribution in [2.75, 3.05) is 7.05 Å². The molecule has 29 heavy (non-hydrogen) atoms. The monoisotopic (exact) mass is 405 g/mol. The van der Waals surface area contributed by atoms with Crippen molar-refractivity contribution in [1.29, 1.82) is 0 Å². The number of rotatable bonds is 6. The van der Waals surface area contributed by atoms with E-state index in [1.165, 1.54) is 0 Å². The number of para-hydroxylation sites is 1. The van der Waals surface area contributed by atoms with E-state index in [0.29, 0.717) is 13.1 Å². The van der Waals surface area contributed by atoms with E-state index in [9.17, 15) is 4.79 Å². The normalized spacial score (nSPS) is 11.6. The summed E-state index contributed by atoms with van der Waals surface area (Å²) in [7, 11) is 1.80. The molecule has 0 saturated heterocycles. The largest absolute Gasteiger partial charge is 0.467 e. The van der Waals surface area contributed by atoms with Gasteiger partial charge in [-0.1, -0.05) is 12.1 Å². The van der Waals surface area contributed by atoms with Crippen molar-refractivity contribution >= 4 is 33.5 Å². The first-order chi connectivity index (χ1) is 14.0. The highest BCUT2D eigenvalue weighted by Gasteiger charge is 2.12. The maximum Gasteiger partial charge on any atom is 0.246 e. The van der Waals surface area contributed by atoms with Crippen LogP contribution >= 0.6 is 11.3 Å². The van der Waals surface area contributed by atoms with E-state index in [0.717, 1.165) is 37.9 Å². The summed E-state index contributed by atoms with van der Waals surface area (Å²) in [5, 5.41) is 0.937. The fraction of sp³-hybridized carbons (Fsp3) is 0.217. The Balaban J connectivity index is 1.44. The number of aryl methyl sites for hydroxylation is 1. The third kappa shape index (κ3) is 4.17. The van der Waals surface area contributed by atoms with Gasteiger partial charge in [0.2, 0.25) is 5.91 Å². The van der Waals surface area contributed by atoms with E-state index >= 15 is 0 Å². The molecule has 5 nitrogen and oxygen atoms in total. The summed E-state index contributed by atoms with van der Waals surface area (Å²) in [5.74, 6) is 0.870. The molecular weight excluding hydrogens is 382 g/mol. The predicted octanol–water partition coefficient (Wildman–Crippen LogP) is 5.03. The molecule has 3 aromatic heterocycles. The van der Waals surface area contributed by atoms with Gasteiger partial charge in [-0.3, -0.25) is 4.79 Å². The van der Waals surface area contributed by atoms with Crippen LogP contribution in [0.2, 0.25) is 0 Å². The molecule has 0 bridgehead atoms. The lowest BCUT2D eigenvalue weighted by molar-refractivity contribution is -0.125. The Morgan fingerprint density at radius 3 is 2.83 bits per heavy atom. The first-order valence-electron chi connectivity index (χ1n) is 9.48. The molecule has 0 radical (unpaired) electrons. The number of aromatic nitrogens is 2. The molecule has 1 amide bonds. The molecule has 3 heterocycles. The zero-order valence-electron chi connectivity index (χ0n) is 16.8. The number of benzene rings is 1. The fourth-order valence-corrected chi connectivity index (χ4v) is 4.38. The van der Waals surface area contributed by atoms with Crippen molar-refractivity contribution in [2.24, 2.45) is 0 Å². The summed E-state index contributed by atoms with van der Waals surface area (Å²) in [5.41, 5.74) is 4.26. The van der Waals surface area contributed by atoms with Crippen molar-refractivity contribution in [3.8, 4) is 0 Å². The van der Waals surface area contributed by atoms with Gasteiger partial charge in [-0.2, -0.15) is 0 Å². The molecular formula is C23H23N3O2S. The van der Waals surface area contributed by atoms with Crippen LogP contribution in [0.4, 0.5) is 0 Å². The number of fused-ring (bicyclic) bond motifs is 1. The van der Waals surface area contributed by atoms with Crippen LogP contribution in [-0.2, 0) is 17.9 Å². The van der Waals surface area contributed by atoms with Crippen molar-refractivity contribution in [1.82, 2.24) is 14.5 Å². The maximum absolute atomic E-state index is 12.6. The lowest BCUT2D eigenvalue weighted by Crippen LogP contribution is -2.23. The van der Waals surface area contributed by atoms with Crippen LogP contribution in [0.3, 0.4) is 0 Å². The first-order valence-corrected chi connectivity index (χ1v) is 10.3. The van der Waals surface area contributed by atoms with Gasteiger partial charge >= 0.3 is 0 Å². The van der Waals surface area contributed by atoms with Crippen molar-refractivity contribution in [3.05, 3.63) is 82.5 Å². The topological polar surface area (TPSA) is 51.3 Å². The second-order valence-corrected chi connectivity index (χ2v) is 8.21. The van der Waals surface area contributed by atoms with Crippen LogP contribution < -0.4 is 0 Å². The van der Waals surface area contributed by atoms with Gasteiger partial charge in [-0.15, -0.1) is 11.3 Å². The SMILES string of the molecule is Cc1cc(/C=C/C(=O)N(C)Cc2nc3ccccc3s2)c(C)n1Cc1ccco1. The lowest BCUT2D eigenvalue weighted by atomic mass is 10.2. The van der Waals surface area contributed by atoms with Crippen LogP contribution in [0.5, 0.6) is 0 Å². The number of carbonyl (C=O) groups excluding carboxylic acids is 1. The maximum atomic E-state index is 12.6. The van der Waals surface area contributed by atoms with Crippen molar-refractivity contribution in [2.45, 2.75) is 26.9 Å². The number of furan rings is 1. The quantitative estimate of drug-likeness (QED) is 0.423. The summed E-state index contributed by atoms with van der Waals surface area (Å²) >= 11 is 1.63. The minimum absolute atomic E-state index is 0.0416. The molecule has 0 N–H and O–H groups in total. The fourth-order valence-electron chi connectivity index (χ4n) is 3.35.